The predicted molar refractivity (Wildman–Crippen MR) is 73.0 cm³/mol. The lowest BCUT2D eigenvalue weighted by atomic mass is 10.0. The molecule has 0 bridgehead atoms. The number of benzene rings is 1. The standard InChI is InChI=1S/C15H14O6/c1-19-12-6-4-9(7-13(12)20-2)3-5-10(16)14-11(17)8-21-15(14)18/h3-7,14H,8H2,1-2H3/b5-3+. The Morgan fingerprint density at radius 2 is 1.95 bits per heavy atom. The van der Waals surface area contributed by atoms with Crippen LogP contribution in [0.4, 0.5) is 0 Å². The van der Waals surface area contributed by atoms with Gasteiger partial charge in [-0.1, -0.05) is 12.1 Å². The van der Waals surface area contributed by atoms with Crippen LogP contribution in [0, 0.1) is 5.92 Å². The van der Waals surface area contributed by atoms with Gasteiger partial charge in [-0.2, -0.15) is 0 Å². The number of methoxy groups -OCH3 is 2. The van der Waals surface area contributed by atoms with Crippen molar-refractivity contribution in [1.29, 1.82) is 0 Å². The molecular weight excluding hydrogens is 276 g/mol. The van der Waals surface area contributed by atoms with Crippen LogP contribution in [0.2, 0.25) is 0 Å². The Bertz CT molecular complexity index is 601. The third-order valence-electron chi connectivity index (χ3n) is 3.05. The molecule has 0 N–H and O–H groups in total. The highest BCUT2D eigenvalue weighted by atomic mass is 16.5. The fourth-order valence-corrected chi connectivity index (χ4v) is 1.95. The number of Topliss-reactive ketones (excluding diaryl/α,β-unsaturated/α-hetero) is 1. The van der Waals surface area contributed by atoms with Crippen molar-refractivity contribution in [2.24, 2.45) is 5.92 Å². The van der Waals surface area contributed by atoms with Gasteiger partial charge in [0.1, 0.15) is 0 Å². The Kier molecular flexibility index (Phi) is 4.37. The van der Waals surface area contributed by atoms with E-state index in [1.54, 1.807) is 18.2 Å². The fourth-order valence-electron chi connectivity index (χ4n) is 1.95. The minimum atomic E-state index is -1.33. The molecule has 0 saturated carbocycles. The molecule has 6 heteroatoms. The maximum Gasteiger partial charge on any atom is 0.325 e. The third kappa shape index (κ3) is 3.10. The van der Waals surface area contributed by atoms with Crippen molar-refractivity contribution in [1.82, 2.24) is 0 Å². The number of allylic oxidation sites excluding steroid dienone is 1. The van der Waals surface area contributed by atoms with Gasteiger partial charge in [-0.3, -0.25) is 14.4 Å². The normalized spacial score (nSPS) is 17.9. The first kappa shape index (κ1) is 14.8. The van der Waals surface area contributed by atoms with E-state index in [0.717, 1.165) is 0 Å². The van der Waals surface area contributed by atoms with Crippen LogP contribution in [-0.2, 0) is 19.1 Å². The number of cyclic esters (lactones) is 1. The molecule has 1 aliphatic rings. The Labute approximate surface area is 121 Å². The molecule has 1 aromatic carbocycles. The zero-order chi connectivity index (χ0) is 15.4. The molecular formula is C15H14O6. The maximum atomic E-state index is 11.9. The van der Waals surface area contributed by atoms with Gasteiger partial charge in [0.25, 0.3) is 0 Å². The number of carbonyl (C=O) groups excluding carboxylic acids is 3. The smallest absolute Gasteiger partial charge is 0.325 e. The molecule has 1 atom stereocenters. The molecule has 0 amide bonds. The van der Waals surface area contributed by atoms with Crippen molar-refractivity contribution in [3.8, 4) is 11.5 Å². The summed E-state index contributed by atoms with van der Waals surface area (Å²) in [7, 11) is 3.03. The molecule has 0 aromatic heterocycles. The summed E-state index contributed by atoms with van der Waals surface area (Å²) in [5.74, 6) is -2.14. The molecule has 0 radical (unpaired) electrons. The number of ether oxygens (including phenoxy) is 3. The zero-order valence-electron chi connectivity index (χ0n) is 11.6. The maximum absolute atomic E-state index is 11.9. The SMILES string of the molecule is COc1ccc(/C=C/C(=O)C2C(=O)COC2=O)cc1OC. The van der Waals surface area contributed by atoms with Crippen LogP contribution in [0.25, 0.3) is 6.08 Å². The van der Waals surface area contributed by atoms with Crippen molar-refractivity contribution in [2.45, 2.75) is 0 Å². The first-order chi connectivity index (χ1) is 10.1. The minimum absolute atomic E-state index is 0.334. The van der Waals surface area contributed by atoms with E-state index >= 15 is 0 Å². The van der Waals surface area contributed by atoms with Crippen molar-refractivity contribution < 1.29 is 28.6 Å². The Morgan fingerprint density at radius 1 is 1.24 bits per heavy atom. The van der Waals surface area contributed by atoms with Crippen LogP contribution in [0.1, 0.15) is 5.56 Å². The number of esters is 1. The van der Waals surface area contributed by atoms with E-state index in [0.29, 0.717) is 17.1 Å². The molecule has 1 fully saturated rings. The Hall–Kier alpha value is -2.63. The molecule has 2 rings (SSSR count). The van der Waals surface area contributed by atoms with E-state index in [9.17, 15) is 14.4 Å². The van der Waals surface area contributed by atoms with E-state index < -0.39 is 23.5 Å². The van der Waals surface area contributed by atoms with E-state index in [4.69, 9.17) is 9.47 Å². The van der Waals surface area contributed by atoms with Gasteiger partial charge in [0.2, 0.25) is 0 Å². The monoisotopic (exact) mass is 290 g/mol. The average Bonchev–Trinajstić information content (AvgIpc) is 2.83. The van der Waals surface area contributed by atoms with E-state index in [2.05, 4.69) is 4.74 Å². The van der Waals surface area contributed by atoms with Crippen molar-refractivity contribution >= 4 is 23.6 Å². The molecule has 1 aliphatic heterocycles. The van der Waals surface area contributed by atoms with Crippen LogP contribution >= 0.6 is 0 Å². The van der Waals surface area contributed by atoms with Crippen LogP contribution in [0.15, 0.2) is 24.3 Å². The molecule has 1 saturated heterocycles. The highest BCUT2D eigenvalue weighted by Crippen LogP contribution is 2.28. The summed E-state index contributed by atoms with van der Waals surface area (Å²) < 4.78 is 14.8. The summed E-state index contributed by atoms with van der Waals surface area (Å²) in [6.45, 7) is -0.334. The van der Waals surface area contributed by atoms with Crippen molar-refractivity contribution in [3.63, 3.8) is 0 Å². The molecule has 0 aliphatic carbocycles. The summed E-state index contributed by atoms with van der Waals surface area (Å²) in [5, 5.41) is 0. The van der Waals surface area contributed by atoms with Gasteiger partial charge in [-0.05, 0) is 23.8 Å². The van der Waals surface area contributed by atoms with Gasteiger partial charge < -0.3 is 14.2 Å². The predicted octanol–water partition coefficient (Wildman–Crippen LogP) is 1.03. The van der Waals surface area contributed by atoms with Gasteiger partial charge in [0, 0.05) is 0 Å². The molecule has 1 unspecified atom stereocenters. The third-order valence-corrected chi connectivity index (χ3v) is 3.05. The van der Waals surface area contributed by atoms with E-state index in [-0.39, 0.29) is 6.61 Å². The van der Waals surface area contributed by atoms with E-state index in [1.165, 1.54) is 26.4 Å². The first-order valence-electron chi connectivity index (χ1n) is 6.20. The molecule has 21 heavy (non-hydrogen) atoms. The molecule has 6 nitrogen and oxygen atoms in total. The Balaban J connectivity index is 2.15. The first-order valence-corrected chi connectivity index (χ1v) is 6.20. The van der Waals surface area contributed by atoms with Crippen molar-refractivity contribution in [3.05, 3.63) is 29.8 Å². The molecule has 1 heterocycles. The van der Waals surface area contributed by atoms with Crippen LogP contribution < -0.4 is 9.47 Å². The molecule has 1 aromatic rings. The van der Waals surface area contributed by atoms with Crippen LogP contribution in [0.3, 0.4) is 0 Å². The highest BCUT2D eigenvalue weighted by Gasteiger charge is 2.39. The Morgan fingerprint density at radius 3 is 2.52 bits per heavy atom. The van der Waals surface area contributed by atoms with Crippen molar-refractivity contribution in [2.75, 3.05) is 20.8 Å². The summed E-state index contributed by atoms with van der Waals surface area (Å²) >= 11 is 0. The second-order valence-electron chi connectivity index (χ2n) is 4.36. The van der Waals surface area contributed by atoms with Gasteiger partial charge >= 0.3 is 5.97 Å². The molecule has 0 spiro atoms. The van der Waals surface area contributed by atoms with Gasteiger partial charge in [0.05, 0.1) is 14.2 Å². The average molecular weight is 290 g/mol. The summed E-state index contributed by atoms with van der Waals surface area (Å²) in [5.41, 5.74) is 0.680. The summed E-state index contributed by atoms with van der Waals surface area (Å²) in [6, 6.07) is 5.09. The topological polar surface area (TPSA) is 78.9 Å². The van der Waals surface area contributed by atoms with Crippen LogP contribution in [0.5, 0.6) is 11.5 Å². The summed E-state index contributed by atoms with van der Waals surface area (Å²) in [4.78, 5) is 34.5. The second-order valence-corrected chi connectivity index (χ2v) is 4.36. The number of carbonyl (C=O) groups is 3. The number of hydrogen-bond acceptors (Lipinski definition) is 6. The quantitative estimate of drug-likeness (QED) is 0.458. The number of rotatable bonds is 5. The largest absolute Gasteiger partial charge is 0.493 e. The lowest BCUT2D eigenvalue weighted by molar-refractivity contribution is -0.143. The lowest BCUT2D eigenvalue weighted by Crippen LogP contribution is -2.23. The highest BCUT2D eigenvalue weighted by molar-refractivity contribution is 6.24. The summed E-state index contributed by atoms with van der Waals surface area (Å²) in [6.07, 6.45) is 2.69. The number of hydrogen-bond donors (Lipinski definition) is 0. The van der Waals surface area contributed by atoms with E-state index in [1.807, 2.05) is 0 Å². The lowest BCUT2D eigenvalue weighted by Gasteiger charge is -2.07. The minimum Gasteiger partial charge on any atom is -0.493 e. The van der Waals surface area contributed by atoms with Gasteiger partial charge in [-0.15, -0.1) is 0 Å². The zero-order valence-corrected chi connectivity index (χ0v) is 11.6. The fraction of sp³-hybridized carbons (Fsp3) is 0.267. The number of ketones is 2. The molecule has 110 valence electrons. The second kappa shape index (κ2) is 6.21. The van der Waals surface area contributed by atoms with Gasteiger partial charge in [0.15, 0.2) is 35.6 Å². The van der Waals surface area contributed by atoms with Gasteiger partial charge in [-0.25, -0.2) is 0 Å². The van der Waals surface area contributed by atoms with Crippen LogP contribution in [-0.4, -0.2) is 38.4 Å².